The highest BCUT2D eigenvalue weighted by Crippen LogP contribution is 2.31. The zero-order valence-corrected chi connectivity index (χ0v) is 13.7. The van der Waals surface area contributed by atoms with Crippen LogP contribution >= 0.6 is 10.7 Å². The number of rotatable bonds is 5. The molecule has 1 aromatic rings. The molecule has 1 aromatic carbocycles. The lowest BCUT2D eigenvalue weighted by Crippen LogP contribution is -2.42. The standard InChI is InChI=1S/C13H17ClFNO4S/c1-5-13(2,3)16-12(17)8-6-9(15)11(20-4)10(7-8)21(14,18)19/h6-7H,5H2,1-4H3,(H,16,17). The summed E-state index contributed by atoms with van der Waals surface area (Å²) in [4.78, 5) is 11.5. The van der Waals surface area contributed by atoms with Gasteiger partial charge >= 0.3 is 0 Å². The third-order valence-electron chi connectivity index (χ3n) is 3.07. The predicted molar refractivity (Wildman–Crippen MR) is 77.8 cm³/mol. The maximum Gasteiger partial charge on any atom is 0.265 e. The van der Waals surface area contributed by atoms with Crippen molar-refractivity contribution >= 4 is 25.6 Å². The van der Waals surface area contributed by atoms with Gasteiger partial charge in [-0.15, -0.1) is 0 Å². The van der Waals surface area contributed by atoms with Crippen LogP contribution in [0.15, 0.2) is 17.0 Å². The minimum absolute atomic E-state index is 0.144. The van der Waals surface area contributed by atoms with Crippen LogP contribution in [0.25, 0.3) is 0 Å². The van der Waals surface area contributed by atoms with Crippen molar-refractivity contribution in [3.8, 4) is 5.75 Å². The molecule has 0 aliphatic rings. The minimum atomic E-state index is -4.25. The quantitative estimate of drug-likeness (QED) is 0.838. The summed E-state index contributed by atoms with van der Waals surface area (Å²) in [6, 6.07) is 1.90. The van der Waals surface area contributed by atoms with Crippen LogP contribution in [-0.4, -0.2) is 27.0 Å². The van der Waals surface area contributed by atoms with Gasteiger partial charge in [0.15, 0.2) is 11.6 Å². The summed E-state index contributed by atoms with van der Waals surface area (Å²) in [5, 5.41) is 2.68. The normalized spacial score (nSPS) is 12.1. The second-order valence-corrected chi connectivity index (χ2v) is 7.65. The highest BCUT2D eigenvalue weighted by atomic mass is 35.7. The van der Waals surface area contributed by atoms with Crippen LogP contribution in [0.3, 0.4) is 0 Å². The molecule has 0 bridgehead atoms. The maximum absolute atomic E-state index is 13.9. The molecular formula is C13H17ClFNO4S. The molecule has 1 amide bonds. The Labute approximate surface area is 127 Å². The van der Waals surface area contributed by atoms with Crippen molar-refractivity contribution in [2.45, 2.75) is 37.6 Å². The van der Waals surface area contributed by atoms with Gasteiger partial charge in [0.25, 0.3) is 15.0 Å². The molecule has 0 aromatic heterocycles. The van der Waals surface area contributed by atoms with E-state index < -0.39 is 37.0 Å². The number of hydrogen-bond donors (Lipinski definition) is 1. The maximum atomic E-state index is 13.9. The van der Waals surface area contributed by atoms with Crippen molar-refractivity contribution in [3.05, 3.63) is 23.5 Å². The molecule has 1 rings (SSSR count). The molecule has 5 nitrogen and oxygen atoms in total. The van der Waals surface area contributed by atoms with Gasteiger partial charge in [0.1, 0.15) is 4.90 Å². The second kappa shape index (κ2) is 6.19. The van der Waals surface area contributed by atoms with Crippen molar-refractivity contribution in [1.29, 1.82) is 0 Å². The highest BCUT2D eigenvalue weighted by Gasteiger charge is 2.25. The lowest BCUT2D eigenvalue weighted by molar-refractivity contribution is 0.0910. The zero-order valence-electron chi connectivity index (χ0n) is 12.2. The van der Waals surface area contributed by atoms with Gasteiger partial charge in [-0.2, -0.15) is 0 Å². The molecule has 8 heteroatoms. The van der Waals surface area contributed by atoms with E-state index >= 15 is 0 Å². The van der Waals surface area contributed by atoms with Crippen LogP contribution in [0.5, 0.6) is 5.75 Å². The molecule has 1 N–H and O–H groups in total. The van der Waals surface area contributed by atoms with Gasteiger partial charge in [-0.1, -0.05) is 6.92 Å². The smallest absolute Gasteiger partial charge is 0.265 e. The van der Waals surface area contributed by atoms with Crippen molar-refractivity contribution in [2.24, 2.45) is 0 Å². The number of methoxy groups -OCH3 is 1. The van der Waals surface area contributed by atoms with Gasteiger partial charge in [-0.3, -0.25) is 4.79 Å². The van der Waals surface area contributed by atoms with E-state index in [0.29, 0.717) is 6.42 Å². The molecule has 0 aliphatic carbocycles. The number of carbonyl (C=O) groups is 1. The molecular weight excluding hydrogens is 321 g/mol. The first-order valence-electron chi connectivity index (χ1n) is 6.16. The van der Waals surface area contributed by atoms with E-state index in [0.717, 1.165) is 19.2 Å². The van der Waals surface area contributed by atoms with Gasteiger partial charge in [0.2, 0.25) is 0 Å². The van der Waals surface area contributed by atoms with Crippen molar-refractivity contribution in [3.63, 3.8) is 0 Å². The van der Waals surface area contributed by atoms with Crippen LogP contribution < -0.4 is 10.1 Å². The van der Waals surface area contributed by atoms with E-state index in [1.807, 2.05) is 6.92 Å². The highest BCUT2D eigenvalue weighted by molar-refractivity contribution is 8.13. The van der Waals surface area contributed by atoms with Crippen molar-refractivity contribution in [1.82, 2.24) is 5.32 Å². The lowest BCUT2D eigenvalue weighted by atomic mass is 10.0. The molecule has 0 spiro atoms. The molecule has 0 fully saturated rings. The van der Waals surface area contributed by atoms with Crippen LogP contribution in [0.2, 0.25) is 0 Å². The number of halogens is 2. The second-order valence-electron chi connectivity index (χ2n) is 5.12. The van der Waals surface area contributed by atoms with E-state index in [2.05, 4.69) is 10.1 Å². The third-order valence-corrected chi connectivity index (χ3v) is 4.40. The first-order chi connectivity index (χ1) is 9.51. The Hall–Kier alpha value is -1.34. The molecule has 21 heavy (non-hydrogen) atoms. The first kappa shape index (κ1) is 17.7. The summed E-state index contributed by atoms with van der Waals surface area (Å²) < 4.78 is 41.5. The number of hydrogen-bond acceptors (Lipinski definition) is 4. The van der Waals surface area contributed by atoms with Gasteiger partial charge in [0.05, 0.1) is 7.11 Å². The molecule has 0 saturated heterocycles. The Kier molecular flexibility index (Phi) is 5.22. The fourth-order valence-corrected chi connectivity index (χ4v) is 2.56. The Bertz CT molecular complexity index is 658. The largest absolute Gasteiger partial charge is 0.492 e. The Morgan fingerprint density at radius 3 is 2.43 bits per heavy atom. The van der Waals surface area contributed by atoms with Crippen LogP contribution in [0, 0.1) is 5.82 Å². The Morgan fingerprint density at radius 1 is 1.43 bits per heavy atom. The number of benzene rings is 1. The molecule has 0 radical (unpaired) electrons. The van der Waals surface area contributed by atoms with E-state index in [9.17, 15) is 17.6 Å². The number of ether oxygens (including phenoxy) is 1. The SMILES string of the molecule is CCC(C)(C)NC(=O)c1cc(F)c(OC)c(S(=O)(=O)Cl)c1. The summed E-state index contributed by atoms with van der Waals surface area (Å²) in [7, 11) is 2.11. The summed E-state index contributed by atoms with van der Waals surface area (Å²) in [6.45, 7) is 5.47. The first-order valence-corrected chi connectivity index (χ1v) is 8.47. The van der Waals surface area contributed by atoms with Crippen LogP contribution in [0.1, 0.15) is 37.6 Å². The van der Waals surface area contributed by atoms with Crippen LogP contribution in [-0.2, 0) is 9.05 Å². The Balaban J connectivity index is 3.35. The third kappa shape index (κ3) is 4.31. The fourth-order valence-electron chi connectivity index (χ4n) is 1.55. The average Bonchev–Trinajstić information content (AvgIpc) is 2.36. The summed E-state index contributed by atoms with van der Waals surface area (Å²) in [5.74, 6) is -2.08. The van der Waals surface area contributed by atoms with Crippen molar-refractivity contribution < 1.29 is 22.3 Å². The predicted octanol–water partition coefficient (Wildman–Crippen LogP) is 2.68. The monoisotopic (exact) mass is 337 g/mol. The molecule has 0 saturated carbocycles. The van der Waals surface area contributed by atoms with Gasteiger partial charge in [0, 0.05) is 21.8 Å². The van der Waals surface area contributed by atoms with E-state index in [1.165, 1.54) is 0 Å². The van der Waals surface area contributed by atoms with Gasteiger partial charge in [-0.05, 0) is 32.4 Å². The zero-order chi connectivity index (χ0) is 16.4. The van der Waals surface area contributed by atoms with Crippen LogP contribution in [0.4, 0.5) is 4.39 Å². The number of amides is 1. The summed E-state index contributed by atoms with van der Waals surface area (Å²) in [5.41, 5.74) is -0.651. The molecule has 0 aliphatic heterocycles. The average molecular weight is 338 g/mol. The van der Waals surface area contributed by atoms with E-state index in [-0.39, 0.29) is 5.56 Å². The summed E-state index contributed by atoms with van der Waals surface area (Å²) in [6.07, 6.45) is 0.651. The Morgan fingerprint density at radius 2 is 2.00 bits per heavy atom. The molecule has 118 valence electrons. The summed E-state index contributed by atoms with van der Waals surface area (Å²) >= 11 is 0. The van der Waals surface area contributed by atoms with E-state index in [4.69, 9.17) is 10.7 Å². The topological polar surface area (TPSA) is 72.5 Å². The number of carbonyl (C=O) groups excluding carboxylic acids is 1. The molecule has 0 unspecified atom stereocenters. The lowest BCUT2D eigenvalue weighted by Gasteiger charge is -2.24. The minimum Gasteiger partial charge on any atom is -0.492 e. The van der Waals surface area contributed by atoms with Gasteiger partial charge in [-0.25, -0.2) is 12.8 Å². The van der Waals surface area contributed by atoms with Crippen molar-refractivity contribution in [2.75, 3.05) is 7.11 Å². The fraction of sp³-hybridized carbons (Fsp3) is 0.462. The van der Waals surface area contributed by atoms with Gasteiger partial charge < -0.3 is 10.1 Å². The van der Waals surface area contributed by atoms with E-state index in [1.54, 1.807) is 13.8 Å². The molecule has 0 atom stereocenters. The number of nitrogens with one attached hydrogen (secondary N) is 1. The molecule has 0 heterocycles.